The highest BCUT2D eigenvalue weighted by atomic mass is 16.5. The van der Waals surface area contributed by atoms with Crippen molar-refractivity contribution in [3.8, 4) is 5.75 Å². The predicted octanol–water partition coefficient (Wildman–Crippen LogP) is 4.14. The molecule has 1 unspecified atom stereocenters. The summed E-state index contributed by atoms with van der Waals surface area (Å²) < 4.78 is 5.91. The lowest BCUT2D eigenvalue weighted by molar-refractivity contribution is -0.126. The number of carbonyl (C=O) groups excluding carboxylic acids is 2. The Bertz CT molecular complexity index is 1080. The van der Waals surface area contributed by atoms with E-state index in [1.165, 1.54) is 12.3 Å². The largest absolute Gasteiger partial charge is 0.494 e. The van der Waals surface area contributed by atoms with E-state index in [2.05, 4.69) is 17.4 Å². The Balaban J connectivity index is 1.42. The van der Waals surface area contributed by atoms with Crippen molar-refractivity contribution in [2.24, 2.45) is 0 Å². The van der Waals surface area contributed by atoms with E-state index in [0.717, 1.165) is 28.0 Å². The van der Waals surface area contributed by atoms with E-state index >= 15 is 0 Å². The van der Waals surface area contributed by atoms with Gasteiger partial charge in [-0.1, -0.05) is 48.5 Å². The molecule has 3 aromatic carbocycles. The maximum absolute atomic E-state index is 12.9. The zero-order valence-corrected chi connectivity index (χ0v) is 16.6. The number of benzene rings is 3. The molecule has 0 spiro atoms. The monoisotopic (exact) mass is 388 g/mol. The predicted molar refractivity (Wildman–Crippen MR) is 114 cm³/mol. The summed E-state index contributed by atoms with van der Waals surface area (Å²) in [5.74, 6) is 0.525. The van der Waals surface area contributed by atoms with E-state index in [-0.39, 0.29) is 11.8 Å². The maximum Gasteiger partial charge on any atom is 0.254 e. The SMILES string of the molecule is CC(=O)NC1C(=O)N(CCCOc2ccc3ccccc3c2)c2c(C)cccc21. The molecule has 1 heterocycles. The number of ether oxygens (including phenoxy) is 1. The van der Waals surface area contributed by atoms with Crippen molar-refractivity contribution in [3.63, 3.8) is 0 Å². The Labute approximate surface area is 170 Å². The number of nitrogens with zero attached hydrogens (tertiary/aromatic N) is 1. The third-order valence-electron chi connectivity index (χ3n) is 5.23. The second-order valence-electron chi connectivity index (χ2n) is 7.35. The molecule has 3 aromatic rings. The van der Waals surface area contributed by atoms with Gasteiger partial charge in [0.1, 0.15) is 11.8 Å². The smallest absolute Gasteiger partial charge is 0.254 e. The van der Waals surface area contributed by atoms with Gasteiger partial charge in [0, 0.05) is 19.0 Å². The van der Waals surface area contributed by atoms with E-state index in [0.29, 0.717) is 19.6 Å². The number of hydrogen-bond donors (Lipinski definition) is 1. The van der Waals surface area contributed by atoms with Crippen LogP contribution in [0.4, 0.5) is 5.69 Å². The van der Waals surface area contributed by atoms with Crippen molar-refractivity contribution < 1.29 is 14.3 Å². The van der Waals surface area contributed by atoms with Gasteiger partial charge in [-0.15, -0.1) is 0 Å². The zero-order valence-electron chi connectivity index (χ0n) is 16.6. The molecule has 0 radical (unpaired) electrons. The first kappa shape index (κ1) is 19.0. The third kappa shape index (κ3) is 3.81. The summed E-state index contributed by atoms with van der Waals surface area (Å²) in [5.41, 5.74) is 2.79. The normalized spacial score (nSPS) is 15.4. The van der Waals surface area contributed by atoms with E-state index in [1.807, 2.05) is 55.5 Å². The Morgan fingerprint density at radius 2 is 1.86 bits per heavy atom. The topological polar surface area (TPSA) is 58.6 Å². The molecule has 1 N–H and O–H groups in total. The summed E-state index contributed by atoms with van der Waals surface area (Å²) in [5, 5.41) is 5.10. The van der Waals surface area contributed by atoms with Crippen LogP contribution in [0.1, 0.15) is 30.5 Å². The van der Waals surface area contributed by atoms with Crippen LogP contribution in [0.2, 0.25) is 0 Å². The van der Waals surface area contributed by atoms with Crippen LogP contribution in [0.15, 0.2) is 60.7 Å². The molecule has 0 bridgehead atoms. The summed E-state index contributed by atoms with van der Waals surface area (Å²) in [7, 11) is 0. The first-order chi connectivity index (χ1) is 14.0. The van der Waals surface area contributed by atoms with E-state index in [9.17, 15) is 9.59 Å². The fraction of sp³-hybridized carbons (Fsp3) is 0.250. The van der Waals surface area contributed by atoms with Gasteiger partial charge < -0.3 is 15.0 Å². The van der Waals surface area contributed by atoms with Crippen LogP contribution in [0, 0.1) is 6.92 Å². The van der Waals surface area contributed by atoms with Gasteiger partial charge in [-0.2, -0.15) is 0 Å². The van der Waals surface area contributed by atoms with Crippen LogP contribution in [-0.2, 0) is 9.59 Å². The second-order valence-corrected chi connectivity index (χ2v) is 7.35. The molecular formula is C24H24N2O3. The van der Waals surface area contributed by atoms with Gasteiger partial charge in [-0.05, 0) is 41.8 Å². The van der Waals surface area contributed by atoms with Crippen molar-refractivity contribution in [2.45, 2.75) is 26.3 Å². The molecule has 2 amide bonds. The van der Waals surface area contributed by atoms with E-state index in [4.69, 9.17) is 4.74 Å². The molecule has 148 valence electrons. The standard InChI is InChI=1S/C24H24N2O3/c1-16-7-5-10-21-22(25-17(2)27)24(28)26(23(16)21)13-6-14-29-20-12-11-18-8-3-4-9-19(18)15-20/h3-5,7-12,15,22H,6,13-14H2,1-2H3,(H,25,27). The molecule has 1 atom stereocenters. The van der Waals surface area contributed by atoms with Crippen molar-refractivity contribution in [1.29, 1.82) is 0 Å². The minimum Gasteiger partial charge on any atom is -0.494 e. The van der Waals surface area contributed by atoms with Gasteiger partial charge in [0.2, 0.25) is 5.91 Å². The molecule has 5 nitrogen and oxygen atoms in total. The quantitative estimate of drug-likeness (QED) is 0.646. The Morgan fingerprint density at radius 1 is 1.07 bits per heavy atom. The fourth-order valence-electron chi connectivity index (χ4n) is 3.92. The summed E-state index contributed by atoms with van der Waals surface area (Å²) in [6.07, 6.45) is 0.694. The van der Waals surface area contributed by atoms with Gasteiger partial charge in [0.15, 0.2) is 0 Å². The number of para-hydroxylation sites is 1. The molecular weight excluding hydrogens is 364 g/mol. The summed E-state index contributed by atoms with van der Waals surface area (Å²) >= 11 is 0. The van der Waals surface area contributed by atoms with Gasteiger partial charge in [-0.3, -0.25) is 9.59 Å². The third-order valence-corrected chi connectivity index (χ3v) is 5.23. The Kier molecular flexibility index (Phi) is 5.21. The van der Waals surface area contributed by atoms with Crippen molar-refractivity contribution in [1.82, 2.24) is 5.32 Å². The first-order valence-electron chi connectivity index (χ1n) is 9.84. The summed E-state index contributed by atoms with van der Waals surface area (Å²) in [4.78, 5) is 26.3. The average molecular weight is 388 g/mol. The highest BCUT2D eigenvalue weighted by Gasteiger charge is 2.38. The lowest BCUT2D eigenvalue weighted by atomic mass is 10.1. The number of amides is 2. The van der Waals surface area contributed by atoms with Crippen LogP contribution in [0.5, 0.6) is 5.75 Å². The number of hydrogen-bond acceptors (Lipinski definition) is 3. The molecule has 0 saturated heterocycles. The zero-order chi connectivity index (χ0) is 20.4. The average Bonchev–Trinajstić information content (AvgIpc) is 2.97. The highest BCUT2D eigenvalue weighted by Crippen LogP contribution is 2.38. The number of nitrogens with one attached hydrogen (secondary N) is 1. The first-order valence-corrected chi connectivity index (χ1v) is 9.84. The Hall–Kier alpha value is -3.34. The maximum atomic E-state index is 12.9. The molecule has 0 aliphatic carbocycles. The fourth-order valence-corrected chi connectivity index (χ4v) is 3.92. The number of carbonyl (C=O) groups is 2. The second kappa shape index (κ2) is 7.95. The molecule has 0 saturated carbocycles. The number of anilines is 1. The van der Waals surface area contributed by atoms with Gasteiger partial charge in [0.05, 0.1) is 12.3 Å². The van der Waals surface area contributed by atoms with Crippen molar-refractivity contribution in [3.05, 3.63) is 71.8 Å². The molecule has 5 heteroatoms. The minimum absolute atomic E-state index is 0.0878. The van der Waals surface area contributed by atoms with Crippen molar-refractivity contribution in [2.75, 3.05) is 18.1 Å². The van der Waals surface area contributed by atoms with Crippen molar-refractivity contribution >= 4 is 28.3 Å². The summed E-state index contributed by atoms with van der Waals surface area (Å²) in [6.45, 7) is 4.47. The van der Waals surface area contributed by atoms with Gasteiger partial charge in [-0.25, -0.2) is 0 Å². The number of fused-ring (bicyclic) bond motifs is 2. The van der Waals surface area contributed by atoms with Crippen LogP contribution >= 0.6 is 0 Å². The minimum atomic E-state index is -0.608. The van der Waals surface area contributed by atoms with Crippen LogP contribution in [0.25, 0.3) is 10.8 Å². The van der Waals surface area contributed by atoms with E-state index in [1.54, 1.807) is 4.90 Å². The van der Waals surface area contributed by atoms with E-state index < -0.39 is 6.04 Å². The molecule has 1 aliphatic heterocycles. The lowest BCUT2D eigenvalue weighted by Crippen LogP contribution is -2.37. The number of aryl methyl sites for hydroxylation is 1. The molecule has 0 fully saturated rings. The van der Waals surface area contributed by atoms with Crippen LogP contribution in [0.3, 0.4) is 0 Å². The highest BCUT2D eigenvalue weighted by molar-refractivity contribution is 6.06. The number of rotatable bonds is 6. The van der Waals surface area contributed by atoms with Crippen LogP contribution < -0.4 is 15.0 Å². The van der Waals surface area contributed by atoms with Crippen LogP contribution in [-0.4, -0.2) is 25.0 Å². The Morgan fingerprint density at radius 3 is 2.66 bits per heavy atom. The molecule has 4 rings (SSSR count). The van der Waals surface area contributed by atoms with Gasteiger partial charge >= 0.3 is 0 Å². The molecule has 0 aromatic heterocycles. The summed E-state index contributed by atoms with van der Waals surface area (Å²) in [6, 6.07) is 19.4. The molecule has 1 aliphatic rings. The molecule has 29 heavy (non-hydrogen) atoms. The lowest BCUT2D eigenvalue weighted by Gasteiger charge is -2.19. The van der Waals surface area contributed by atoms with Gasteiger partial charge in [0.25, 0.3) is 5.91 Å².